The molecule has 0 spiro atoms. The van der Waals surface area contributed by atoms with Crippen LogP contribution >= 0.6 is 15.9 Å². The molecule has 1 N–H and O–H groups in total. The molecule has 0 bridgehead atoms. The van der Waals surface area contributed by atoms with Crippen molar-refractivity contribution in [2.45, 2.75) is 13.5 Å². The molecule has 0 radical (unpaired) electrons. The van der Waals surface area contributed by atoms with Gasteiger partial charge in [0.05, 0.1) is 12.3 Å². The molecule has 4 heteroatoms. The highest BCUT2D eigenvalue weighted by atomic mass is 79.9. The normalized spacial score (nSPS) is 11.0. The summed E-state index contributed by atoms with van der Waals surface area (Å²) in [5, 5.41) is 9.10. The van der Waals surface area contributed by atoms with Crippen LogP contribution in [0.3, 0.4) is 0 Å². The van der Waals surface area contributed by atoms with E-state index in [4.69, 9.17) is 5.11 Å². The summed E-state index contributed by atoms with van der Waals surface area (Å²) in [4.78, 5) is 4.31. The Balaban J connectivity index is 2.80. The Morgan fingerprint density at radius 2 is 2.31 bits per heavy atom. The lowest BCUT2D eigenvalue weighted by molar-refractivity contribution is 0.282. The topological polar surface area (TPSA) is 37.5 Å². The first-order valence-electron chi connectivity index (χ1n) is 3.95. The lowest BCUT2D eigenvalue weighted by atomic mass is 10.3. The Hall–Kier alpha value is -0.870. The number of imidazole rings is 1. The number of aliphatic hydroxyl groups is 1. The zero-order valence-electron chi connectivity index (χ0n) is 7.16. The largest absolute Gasteiger partial charge is 0.392 e. The van der Waals surface area contributed by atoms with Crippen molar-refractivity contribution in [2.75, 3.05) is 0 Å². The van der Waals surface area contributed by atoms with E-state index >= 15 is 0 Å². The summed E-state index contributed by atoms with van der Waals surface area (Å²) in [6.45, 7) is 1.95. The minimum Gasteiger partial charge on any atom is -0.392 e. The lowest BCUT2D eigenvalue weighted by Gasteiger charge is -2.00. The van der Waals surface area contributed by atoms with Gasteiger partial charge in [-0.05, 0) is 28.9 Å². The third-order valence-electron chi connectivity index (χ3n) is 1.88. The van der Waals surface area contributed by atoms with Gasteiger partial charge in [0.25, 0.3) is 0 Å². The van der Waals surface area contributed by atoms with Crippen LogP contribution in [-0.4, -0.2) is 14.5 Å². The number of pyridine rings is 1. The average Bonchev–Trinajstić information content (AvgIpc) is 2.43. The van der Waals surface area contributed by atoms with Gasteiger partial charge in [-0.1, -0.05) is 0 Å². The number of hydrogen-bond acceptors (Lipinski definition) is 2. The van der Waals surface area contributed by atoms with Gasteiger partial charge in [-0.25, -0.2) is 4.98 Å². The highest BCUT2D eigenvalue weighted by Crippen LogP contribution is 2.17. The van der Waals surface area contributed by atoms with E-state index in [9.17, 15) is 0 Å². The first-order valence-corrected chi connectivity index (χ1v) is 4.74. The molecular weight excluding hydrogens is 232 g/mol. The first kappa shape index (κ1) is 8.72. The molecule has 0 aromatic carbocycles. The zero-order chi connectivity index (χ0) is 9.42. The Morgan fingerprint density at radius 1 is 1.54 bits per heavy atom. The maximum Gasteiger partial charge on any atom is 0.142 e. The number of nitrogens with zero attached hydrogens (tertiary/aromatic N) is 2. The van der Waals surface area contributed by atoms with Crippen LogP contribution in [-0.2, 0) is 6.61 Å². The molecule has 2 aromatic heterocycles. The SMILES string of the molecule is Cc1cn2cc(Br)cc(CO)c2n1. The Kier molecular flexibility index (Phi) is 2.09. The molecule has 3 nitrogen and oxygen atoms in total. The number of aryl methyl sites for hydroxylation is 1. The van der Waals surface area contributed by atoms with E-state index in [1.54, 1.807) is 0 Å². The summed E-state index contributed by atoms with van der Waals surface area (Å²) in [6.07, 6.45) is 3.85. The Bertz CT molecular complexity index is 450. The minimum absolute atomic E-state index is 0.0133. The number of fused-ring (bicyclic) bond motifs is 1. The molecule has 0 saturated heterocycles. The maximum atomic E-state index is 9.10. The van der Waals surface area contributed by atoms with Gasteiger partial charge in [0.15, 0.2) is 0 Å². The molecule has 0 aliphatic carbocycles. The molecule has 0 saturated carbocycles. The third-order valence-corrected chi connectivity index (χ3v) is 2.32. The number of halogens is 1. The predicted molar refractivity (Wildman–Crippen MR) is 53.6 cm³/mol. The molecule has 0 unspecified atom stereocenters. The van der Waals surface area contributed by atoms with Crippen molar-refractivity contribution >= 4 is 21.6 Å². The second-order valence-corrected chi connectivity index (χ2v) is 3.87. The molecule has 2 heterocycles. The number of rotatable bonds is 1. The smallest absolute Gasteiger partial charge is 0.142 e. The number of hydrogen-bond donors (Lipinski definition) is 1. The molecule has 0 atom stereocenters. The highest BCUT2D eigenvalue weighted by molar-refractivity contribution is 9.10. The number of aliphatic hydroxyl groups excluding tert-OH is 1. The molecule has 0 amide bonds. The van der Waals surface area contributed by atoms with E-state index in [2.05, 4.69) is 20.9 Å². The fourth-order valence-corrected chi connectivity index (χ4v) is 1.87. The Labute approximate surface area is 84.2 Å². The molecule has 2 rings (SSSR count). The van der Waals surface area contributed by atoms with E-state index in [0.29, 0.717) is 0 Å². The first-order chi connectivity index (χ1) is 6.20. The van der Waals surface area contributed by atoms with Crippen LogP contribution in [0.25, 0.3) is 5.65 Å². The minimum atomic E-state index is 0.0133. The van der Waals surface area contributed by atoms with Crippen molar-refractivity contribution in [3.05, 3.63) is 34.2 Å². The molecule has 0 aliphatic rings. The van der Waals surface area contributed by atoms with Gasteiger partial charge in [0.1, 0.15) is 5.65 Å². The van der Waals surface area contributed by atoms with Crippen molar-refractivity contribution in [1.29, 1.82) is 0 Å². The monoisotopic (exact) mass is 240 g/mol. The quantitative estimate of drug-likeness (QED) is 0.827. The van der Waals surface area contributed by atoms with Gasteiger partial charge in [0, 0.05) is 22.4 Å². The van der Waals surface area contributed by atoms with Crippen molar-refractivity contribution in [3.63, 3.8) is 0 Å². The second kappa shape index (κ2) is 3.12. The summed E-state index contributed by atoms with van der Waals surface area (Å²) in [5.41, 5.74) is 2.61. The molecule has 68 valence electrons. The molecule has 2 aromatic rings. The standard InChI is InChI=1S/C9H9BrN2O/c1-6-3-12-4-8(10)2-7(5-13)9(12)11-6/h2-4,13H,5H2,1H3. The Morgan fingerprint density at radius 3 is 3.00 bits per heavy atom. The van der Waals surface area contributed by atoms with Gasteiger partial charge in [-0.15, -0.1) is 0 Å². The lowest BCUT2D eigenvalue weighted by Crippen LogP contribution is -1.91. The highest BCUT2D eigenvalue weighted by Gasteiger charge is 2.04. The summed E-state index contributed by atoms with van der Waals surface area (Å²) in [7, 11) is 0. The van der Waals surface area contributed by atoms with Crippen LogP contribution in [0.15, 0.2) is 22.9 Å². The van der Waals surface area contributed by atoms with Gasteiger partial charge in [-0.3, -0.25) is 0 Å². The zero-order valence-corrected chi connectivity index (χ0v) is 8.74. The van der Waals surface area contributed by atoms with Gasteiger partial charge < -0.3 is 9.51 Å². The molecule has 13 heavy (non-hydrogen) atoms. The molecule has 0 fully saturated rings. The van der Waals surface area contributed by atoms with E-state index in [1.165, 1.54) is 0 Å². The molecule has 0 aliphatic heterocycles. The average molecular weight is 241 g/mol. The van der Waals surface area contributed by atoms with Crippen molar-refractivity contribution in [3.8, 4) is 0 Å². The van der Waals surface area contributed by atoms with Crippen LogP contribution in [0.2, 0.25) is 0 Å². The van der Waals surface area contributed by atoms with E-state index < -0.39 is 0 Å². The fourth-order valence-electron chi connectivity index (χ4n) is 1.37. The summed E-state index contributed by atoms with van der Waals surface area (Å²) in [5.74, 6) is 0. The predicted octanol–water partition coefficient (Wildman–Crippen LogP) is 1.90. The third kappa shape index (κ3) is 1.47. The van der Waals surface area contributed by atoms with Gasteiger partial charge in [-0.2, -0.15) is 0 Å². The van der Waals surface area contributed by atoms with Crippen molar-refractivity contribution < 1.29 is 5.11 Å². The summed E-state index contributed by atoms with van der Waals surface area (Å²) < 4.78 is 2.85. The van der Waals surface area contributed by atoms with Crippen LogP contribution in [0.1, 0.15) is 11.3 Å². The maximum absolute atomic E-state index is 9.10. The fraction of sp³-hybridized carbons (Fsp3) is 0.222. The van der Waals surface area contributed by atoms with Gasteiger partial charge in [0.2, 0.25) is 0 Å². The van der Waals surface area contributed by atoms with E-state index in [-0.39, 0.29) is 6.61 Å². The van der Waals surface area contributed by atoms with Crippen molar-refractivity contribution in [1.82, 2.24) is 9.38 Å². The van der Waals surface area contributed by atoms with Crippen LogP contribution < -0.4 is 0 Å². The second-order valence-electron chi connectivity index (χ2n) is 2.95. The van der Waals surface area contributed by atoms with Crippen LogP contribution in [0, 0.1) is 6.92 Å². The van der Waals surface area contributed by atoms with Crippen LogP contribution in [0.5, 0.6) is 0 Å². The summed E-state index contributed by atoms with van der Waals surface area (Å²) in [6, 6.07) is 1.88. The van der Waals surface area contributed by atoms with E-state index in [0.717, 1.165) is 21.4 Å². The number of aromatic nitrogens is 2. The summed E-state index contributed by atoms with van der Waals surface area (Å²) >= 11 is 3.37. The van der Waals surface area contributed by atoms with Crippen LogP contribution in [0.4, 0.5) is 0 Å². The molecular formula is C9H9BrN2O. The van der Waals surface area contributed by atoms with E-state index in [1.807, 2.05) is 29.8 Å². The van der Waals surface area contributed by atoms with Gasteiger partial charge >= 0.3 is 0 Å². The van der Waals surface area contributed by atoms with Crippen molar-refractivity contribution in [2.24, 2.45) is 0 Å².